The zero-order valence-corrected chi connectivity index (χ0v) is 16.6. The Morgan fingerprint density at radius 1 is 1.03 bits per heavy atom. The summed E-state index contributed by atoms with van der Waals surface area (Å²) in [5.74, 6) is -0.0490. The maximum atomic E-state index is 13.5. The highest BCUT2D eigenvalue weighted by atomic mass is 16.2. The molecule has 0 saturated heterocycles. The average molecular weight is 400 g/mol. The first-order chi connectivity index (χ1) is 14.5. The second-order valence-electron chi connectivity index (χ2n) is 6.90. The molecule has 0 fully saturated rings. The number of amides is 1. The molecule has 8 heteroatoms. The van der Waals surface area contributed by atoms with Gasteiger partial charge in [0.05, 0.1) is 23.1 Å². The van der Waals surface area contributed by atoms with Crippen molar-refractivity contribution in [2.75, 3.05) is 5.73 Å². The van der Waals surface area contributed by atoms with Crippen LogP contribution in [0.15, 0.2) is 59.7 Å². The van der Waals surface area contributed by atoms with Crippen LogP contribution < -0.4 is 16.6 Å². The Bertz CT molecular complexity index is 1330. The molecule has 4 rings (SSSR count). The fraction of sp³-hybridized carbons (Fsp3) is 0.136. The molecule has 1 amide bonds. The number of nitrogens with zero attached hydrogens (tertiary/aromatic N) is 4. The number of rotatable bonds is 4. The van der Waals surface area contributed by atoms with E-state index < -0.39 is 5.91 Å². The molecule has 3 N–H and O–H groups in total. The van der Waals surface area contributed by atoms with E-state index in [1.807, 2.05) is 50.2 Å². The van der Waals surface area contributed by atoms with Crippen LogP contribution in [0.5, 0.6) is 0 Å². The van der Waals surface area contributed by atoms with Crippen LogP contribution in [0.25, 0.3) is 16.6 Å². The number of hydrogen-bond donors (Lipinski definition) is 2. The van der Waals surface area contributed by atoms with E-state index in [0.29, 0.717) is 22.4 Å². The van der Waals surface area contributed by atoms with Crippen molar-refractivity contribution in [2.24, 2.45) is 0 Å². The number of aromatic nitrogens is 4. The van der Waals surface area contributed by atoms with Crippen LogP contribution in [0, 0.1) is 13.8 Å². The molecule has 0 bridgehead atoms. The Morgan fingerprint density at radius 2 is 1.77 bits per heavy atom. The summed E-state index contributed by atoms with van der Waals surface area (Å²) < 4.78 is 1.55. The number of nitrogen functional groups attached to an aromatic ring is 1. The normalized spacial score (nSPS) is 10.9. The van der Waals surface area contributed by atoms with Gasteiger partial charge in [-0.2, -0.15) is 0 Å². The fourth-order valence-corrected chi connectivity index (χ4v) is 3.39. The maximum Gasteiger partial charge on any atom is 0.274 e. The van der Waals surface area contributed by atoms with Crippen molar-refractivity contribution >= 4 is 22.6 Å². The monoisotopic (exact) mass is 400 g/mol. The van der Waals surface area contributed by atoms with E-state index >= 15 is 0 Å². The minimum Gasteiger partial charge on any atom is -0.382 e. The fourth-order valence-electron chi connectivity index (χ4n) is 3.39. The second kappa shape index (κ2) is 7.75. The molecule has 0 aliphatic rings. The molecule has 0 radical (unpaired) electrons. The Hall–Kier alpha value is -4.07. The maximum absolute atomic E-state index is 13.5. The molecule has 0 aliphatic carbocycles. The van der Waals surface area contributed by atoms with Gasteiger partial charge in [-0.25, -0.2) is 15.0 Å². The summed E-state index contributed by atoms with van der Waals surface area (Å²) in [4.78, 5) is 38.5. The van der Waals surface area contributed by atoms with Gasteiger partial charge in [-0.05, 0) is 37.1 Å². The number of benzene rings is 2. The van der Waals surface area contributed by atoms with Crippen LogP contribution in [0.3, 0.4) is 0 Å². The SMILES string of the molecule is Cc1ccccc1-n1c(CNC(=O)c2nccnc2N)nc2cccc(C)c2c1=O. The van der Waals surface area contributed by atoms with Crippen LogP contribution in [0.2, 0.25) is 0 Å². The topological polar surface area (TPSA) is 116 Å². The molecule has 30 heavy (non-hydrogen) atoms. The van der Waals surface area contributed by atoms with Gasteiger partial charge in [-0.15, -0.1) is 0 Å². The van der Waals surface area contributed by atoms with Gasteiger partial charge in [-0.1, -0.05) is 30.3 Å². The Morgan fingerprint density at radius 3 is 2.53 bits per heavy atom. The van der Waals surface area contributed by atoms with E-state index in [1.165, 1.54) is 12.4 Å². The zero-order chi connectivity index (χ0) is 21.3. The molecule has 2 aromatic heterocycles. The minimum atomic E-state index is -0.490. The van der Waals surface area contributed by atoms with E-state index in [9.17, 15) is 9.59 Å². The van der Waals surface area contributed by atoms with E-state index in [0.717, 1.165) is 11.1 Å². The van der Waals surface area contributed by atoms with Gasteiger partial charge >= 0.3 is 0 Å². The number of anilines is 1. The molecule has 0 aliphatic heterocycles. The van der Waals surface area contributed by atoms with Gasteiger partial charge in [-0.3, -0.25) is 14.2 Å². The van der Waals surface area contributed by atoms with Gasteiger partial charge in [0, 0.05) is 12.4 Å². The quantitative estimate of drug-likeness (QED) is 0.543. The third-order valence-corrected chi connectivity index (χ3v) is 4.88. The highest BCUT2D eigenvalue weighted by molar-refractivity contribution is 5.96. The summed E-state index contributed by atoms with van der Waals surface area (Å²) in [7, 11) is 0. The Kier molecular flexibility index (Phi) is 4.97. The molecule has 2 aromatic carbocycles. The van der Waals surface area contributed by atoms with Crippen molar-refractivity contribution in [3.8, 4) is 5.69 Å². The lowest BCUT2D eigenvalue weighted by Crippen LogP contribution is -2.31. The van der Waals surface area contributed by atoms with Crippen LogP contribution in [0.1, 0.15) is 27.4 Å². The summed E-state index contributed by atoms with van der Waals surface area (Å²) in [6.45, 7) is 3.82. The molecule has 0 unspecified atom stereocenters. The number of aryl methyl sites for hydroxylation is 2. The van der Waals surface area contributed by atoms with Gasteiger partial charge in [0.1, 0.15) is 5.82 Å². The number of para-hydroxylation sites is 1. The summed E-state index contributed by atoms with van der Waals surface area (Å²) >= 11 is 0. The van der Waals surface area contributed by atoms with Crippen molar-refractivity contribution in [1.29, 1.82) is 0 Å². The number of carbonyl (C=O) groups excluding carboxylic acids is 1. The van der Waals surface area contributed by atoms with Crippen molar-refractivity contribution in [3.63, 3.8) is 0 Å². The van der Waals surface area contributed by atoms with Crippen LogP contribution in [-0.4, -0.2) is 25.4 Å². The molecule has 0 spiro atoms. The van der Waals surface area contributed by atoms with E-state index in [-0.39, 0.29) is 23.6 Å². The summed E-state index contributed by atoms with van der Waals surface area (Å²) in [6.07, 6.45) is 2.81. The van der Waals surface area contributed by atoms with Gasteiger partial charge < -0.3 is 11.1 Å². The number of fused-ring (bicyclic) bond motifs is 1. The highest BCUT2D eigenvalue weighted by Gasteiger charge is 2.17. The molecule has 0 atom stereocenters. The van der Waals surface area contributed by atoms with Gasteiger partial charge in [0.2, 0.25) is 0 Å². The highest BCUT2D eigenvalue weighted by Crippen LogP contribution is 2.18. The summed E-state index contributed by atoms with van der Waals surface area (Å²) in [6, 6.07) is 13.1. The van der Waals surface area contributed by atoms with Crippen LogP contribution in [-0.2, 0) is 6.54 Å². The lowest BCUT2D eigenvalue weighted by atomic mass is 10.1. The summed E-state index contributed by atoms with van der Waals surface area (Å²) in [5.41, 5.74) is 8.63. The minimum absolute atomic E-state index is 0.0162. The first-order valence-electron chi connectivity index (χ1n) is 9.39. The number of nitrogens with two attached hydrogens (primary N) is 1. The smallest absolute Gasteiger partial charge is 0.274 e. The molecule has 8 nitrogen and oxygen atoms in total. The molecular weight excluding hydrogens is 380 g/mol. The number of hydrogen-bond acceptors (Lipinski definition) is 6. The zero-order valence-electron chi connectivity index (χ0n) is 16.6. The lowest BCUT2D eigenvalue weighted by molar-refractivity contribution is 0.0945. The van der Waals surface area contributed by atoms with Crippen molar-refractivity contribution in [3.05, 3.63) is 87.9 Å². The van der Waals surface area contributed by atoms with E-state index in [2.05, 4.69) is 20.3 Å². The Labute approximate surface area is 172 Å². The van der Waals surface area contributed by atoms with Crippen molar-refractivity contribution in [2.45, 2.75) is 20.4 Å². The van der Waals surface area contributed by atoms with Crippen molar-refractivity contribution < 1.29 is 4.79 Å². The molecule has 150 valence electrons. The van der Waals surface area contributed by atoms with Crippen molar-refractivity contribution in [1.82, 2.24) is 24.8 Å². The molecular formula is C22H20N6O2. The number of carbonyl (C=O) groups is 1. The molecule has 2 heterocycles. The lowest BCUT2D eigenvalue weighted by Gasteiger charge is -2.16. The Balaban J connectivity index is 1.83. The third kappa shape index (κ3) is 3.39. The standard InChI is InChI=1S/C22H20N6O2/c1-13-6-3-4-9-16(13)28-17(12-26-21(29)19-20(23)25-11-10-24-19)27-15-8-5-7-14(2)18(15)22(28)30/h3-11H,12H2,1-2H3,(H2,23,25)(H,26,29). The second-order valence-corrected chi connectivity index (χ2v) is 6.90. The van der Waals surface area contributed by atoms with Crippen LogP contribution in [0.4, 0.5) is 5.82 Å². The number of nitrogens with one attached hydrogen (secondary N) is 1. The van der Waals surface area contributed by atoms with E-state index in [1.54, 1.807) is 10.6 Å². The molecule has 0 saturated carbocycles. The van der Waals surface area contributed by atoms with Gasteiger partial charge in [0.15, 0.2) is 11.5 Å². The largest absolute Gasteiger partial charge is 0.382 e. The molecule has 4 aromatic rings. The third-order valence-electron chi connectivity index (χ3n) is 4.88. The van der Waals surface area contributed by atoms with Crippen LogP contribution >= 0.6 is 0 Å². The summed E-state index contributed by atoms with van der Waals surface area (Å²) in [5, 5.41) is 3.30. The first kappa shape index (κ1) is 19.3. The van der Waals surface area contributed by atoms with E-state index in [4.69, 9.17) is 5.73 Å². The van der Waals surface area contributed by atoms with Gasteiger partial charge in [0.25, 0.3) is 11.5 Å². The predicted octanol–water partition coefficient (Wildman–Crippen LogP) is 2.30. The predicted molar refractivity (Wildman–Crippen MR) is 114 cm³/mol. The average Bonchev–Trinajstić information content (AvgIpc) is 2.73. The first-order valence-corrected chi connectivity index (χ1v) is 9.39.